The summed E-state index contributed by atoms with van der Waals surface area (Å²) in [6.07, 6.45) is 6.87. The molecule has 3 aromatic heterocycles. The van der Waals surface area contributed by atoms with Gasteiger partial charge in [-0.05, 0) is 49.7 Å². The SMILES string of the molecule is C#CCN(C[C@@H]1[C@@H](OC(=O)NCc2ccco2)[C@@H](OC(=O)NCc2ccco2)Cn2c(=O)n(CCCCCC)c(=O)n21)S(=O)(=O)c1ccc(C)cc1. The topological polar surface area (TPSA) is 189 Å². The number of aryl methyl sites for hydroxylation is 1. The Morgan fingerprint density at radius 1 is 0.942 bits per heavy atom. The van der Waals surface area contributed by atoms with E-state index in [0.29, 0.717) is 17.9 Å². The minimum atomic E-state index is -4.30. The maximum atomic E-state index is 14.1. The molecule has 3 atom stereocenters. The van der Waals surface area contributed by atoms with Gasteiger partial charge in [-0.15, -0.1) is 6.42 Å². The molecule has 16 nitrogen and oxygen atoms in total. The number of sulfonamides is 1. The van der Waals surface area contributed by atoms with E-state index in [4.69, 9.17) is 24.7 Å². The smallest absolute Gasteiger partial charge is 0.408 e. The van der Waals surface area contributed by atoms with Crippen LogP contribution in [0.5, 0.6) is 0 Å². The summed E-state index contributed by atoms with van der Waals surface area (Å²) in [7, 11) is -4.30. The van der Waals surface area contributed by atoms with Crippen LogP contribution in [0.1, 0.15) is 55.7 Å². The molecule has 0 saturated heterocycles. The van der Waals surface area contributed by atoms with E-state index in [0.717, 1.165) is 43.1 Å². The fraction of sp³-hybridized carbons (Fsp3) is 0.429. The van der Waals surface area contributed by atoms with Crippen molar-refractivity contribution in [2.75, 3.05) is 13.1 Å². The van der Waals surface area contributed by atoms with Crippen LogP contribution in [0.2, 0.25) is 0 Å². The molecule has 0 bridgehead atoms. The first-order valence-electron chi connectivity index (χ1n) is 16.9. The van der Waals surface area contributed by atoms with Crippen molar-refractivity contribution in [1.29, 1.82) is 0 Å². The molecule has 278 valence electrons. The van der Waals surface area contributed by atoms with Crippen LogP contribution in [0.3, 0.4) is 0 Å². The van der Waals surface area contributed by atoms with Crippen molar-refractivity contribution in [2.24, 2.45) is 0 Å². The van der Waals surface area contributed by atoms with Gasteiger partial charge in [-0.25, -0.2) is 41.5 Å². The molecule has 4 heterocycles. The van der Waals surface area contributed by atoms with E-state index in [-0.39, 0.29) is 24.5 Å². The number of ether oxygens (including phenoxy) is 2. The molecule has 0 unspecified atom stereocenters. The van der Waals surface area contributed by atoms with Crippen LogP contribution >= 0.6 is 0 Å². The summed E-state index contributed by atoms with van der Waals surface area (Å²) in [5.41, 5.74) is -0.614. The number of aromatic nitrogens is 3. The summed E-state index contributed by atoms with van der Waals surface area (Å²) < 4.78 is 54.4. The number of hydrogen-bond acceptors (Lipinski definition) is 10. The highest BCUT2D eigenvalue weighted by Gasteiger charge is 2.46. The normalized spacial score (nSPS) is 16.9. The lowest BCUT2D eigenvalue weighted by atomic mass is 10.0. The van der Waals surface area contributed by atoms with Gasteiger partial charge in [-0.1, -0.05) is 49.8 Å². The van der Waals surface area contributed by atoms with Crippen LogP contribution in [-0.2, 0) is 45.7 Å². The molecule has 0 spiro atoms. The number of furan rings is 2. The predicted molar refractivity (Wildman–Crippen MR) is 187 cm³/mol. The minimum absolute atomic E-state index is 0.0410. The van der Waals surface area contributed by atoms with Crippen LogP contribution in [0.15, 0.2) is 84.4 Å². The molecule has 0 fully saturated rings. The maximum Gasteiger partial charge on any atom is 0.408 e. The summed E-state index contributed by atoms with van der Waals surface area (Å²) in [5, 5.41) is 5.11. The van der Waals surface area contributed by atoms with Crippen LogP contribution in [0, 0.1) is 19.3 Å². The van der Waals surface area contributed by atoms with E-state index in [1.54, 1.807) is 43.3 Å². The first-order valence-corrected chi connectivity index (χ1v) is 18.3. The van der Waals surface area contributed by atoms with E-state index in [2.05, 4.69) is 16.6 Å². The third-order valence-corrected chi connectivity index (χ3v) is 10.4. The van der Waals surface area contributed by atoms with E-state index in [1.807, 2.05) is 6.92 Å². The summed E-state index contributed by atoms with van der Waals surface area (Å²) in [6, 6.07) is 11.3. The lowest BCUT2D eigenvalue weighted by molar-refractivity contribution is -0.0716. The molecule has 1 aliphatic heterocycles. The standard InChI is InChI=1S/C35H42N6O10S/c1-4-6-7-8-18-39-34(44)40-24-30(50-32(42)36-21-26-11-9-19-48-26)31(51-33(43)37-22-27-12-10-20-49-27)29(41(40)35(39)45)23-38(17-5-2)52(46,47)28-15-13-25(3)14-16-28/h2,9-16,19-20,29-31H,4,6-8,17-18,21-24H2,1,3H3,(H,36,42)(H,37,43)/t29-,30+,31-/m1/s1. The van der Waals surface area contributed by atoms with Crippen LogP contribution in [0.25, 0.3) is 0 Å². The van der Waals surface area contributed by atoms with E-state index >= 15 is 0 Å². The largest absolute Gasteiger partial charge is 0.467 e. The number of unbranched alkanes of at least 4 members (excludes halogenated alkanes) is 3. The van der Waals surface area contributed by atoms with Crippen LogP contribution in [-0.4, -0.2) is 64.1 Å². The Balaban J connectivity index is 1.56. The molecule has 17 heteroatoms. The number of carbonyl (C=O) groups excluding carboxylic acids is 2. The molecular formula is C35H42N6O10S. The van der Waals surface area contributed by atoms with Gasteiger partial charge in [-0.3, -0.25) is 0 Å². The van der Waals surface area contributed by atoms with Crippen LogP contribution in [0.4, 0.5) is 9.59 Å². The highest BCUT2D eigenvalue weighted by Crippen LogP contribution is 2.28. The zero-order valence-electron chi connectivity index (χ0n) is 28.9. The highest BCUT2D eigenvalue weighted by molar-refractivity contribution is 7.89. The fourth-order valence-electron chi connectivity index (χ4n) is 5.92. The number of hydrogen-bond donors (Lipinski definition) is 2. The van der Waals surface area contributed by atoms with Crippen molar-refractivity contribution in [1.82, 2.24) is 28.9 Å². The zero-order chi connectivity index (χ0) is 37.3. The molecule has 5 rings (SSSR count). The molecule has 0 aliphatic carbocycles. The zero-order valence-corrected chi connectivity index (χ0v) is 29.8. The van der Waals surface area contributed by atoms with Crippen molar-refractivity contribution < 1.29 is 36.3 Å². The number of nitrogens with zero attached hydrogens (tertiary/aromatic N) is 4. The molecular weight excluding hydrogens is 696 g/mol. The average Bonchev–Trinajstić information content (AvgIpc) is 3.89. The second-order valence-corrected chi connectivity index (χ2v) is 14.2. The van der Waals surface area contributed by atoms with Gasteiger partial charge in [-0.2, -0.15) is 4.31 Å². The number of amides is 2. The summed E-state index contributed by atoms with van der Waals surface area (Å²) >= 11 is 0. The van der Waals surface area contributed by atoms with Gasteiger partial charge in [0.1, 0.15) is 17.6 Å². The Bertz CT molecular complexity index is 2060. The van der Waals surface area contributed by atoms with Crippen molar-refractivity contribution >= 4 is 22.2 Å². The van der Waals surface area contributed by atoms with Gasteiger partial charge in [0, 0.05) is 13.1 Å². The number of terminal acetylenes is 1. The maximum absolute atomic E-state index is 14.1. The molecule has 0 radical (unpaired) electrons. The average molecular weight is 739 g/mol. The number of nitrogens with one attached hydrogen (secondary N) is 2. The predicted octanol–water partition coefficient (Wildman–Crippen LogP) is 3.36. The summed E-state index contributed by atoms with van der Waals surface area (Å²) in [6.45, 7) is 2.46. The van der Waals surface area contributed by atoms with E-state index in [9.17, 15) is 27.6 Å². The summed E-state index contributed by atoms with van der Waals surface area (Å²) in [4.78, 5) is 54.3. The first-order chi connectivity index (χ1) is 25.0. The number of alkyl carbamates (subject to hydrolysis) is 2. The molecule has 1 aliphatic rings. The number of carbonyl (C=O) groups is 2. The molecule has 52 heavy (non-hydrogen) atoms. The molecule has 2 N–H and O–H groups in total. The molecule has 2 amide bonds. The Labute approximate surface area is 300 Å². The van der Waals surface area contributed by atoms with Crippen molar-refractivity contribution in [2.45, 2.75) is 88.9 Å². The van der Waals surface area contributed by atoms with Gasteiger partial charge in [0.15, 0.2) is 12.2 Å². The Morgan fingerprint density at radius 3 is 2.15 bits per heavy atom. The Kier molecular flexibility index (Phi) is 12.5. The van der Waals surface area contributed by atoms with Gasteiger partial charge >= 0.3 is 23.6 Å². The second kappa shape index (κ2) is 17.2. The van der Waals surface area contributed by atoms with Crippen LogP contribution < -0.4 is 22.0 Å². The number of rotatable bonds is 16. The second-order valence-electron chi connectivity index (χ2n) is 12.3. The monoisotopic (exact) mass is 738 g/mol. The van der Waals surface area contributed by atoms with Gasteiger partial charge in [0.05, 0.1) is 43.6 Å². The van der Waals surface area contributed by atoms with Gasteiger partial charge in [0.2, 0.25) is 10.0 Å². The van der Waals surface area contributed by atoms with Gasteiger partial charge < -0.3 is 28.9 Å². The van der Waals surface area contributed by atoms with Crippen molar-refractivity contribution in [3.63, 3.8) is 0 Å². The molecule has 0 saturated carbocycles. The number of benzene rings is 1. The third-order valence-electron chi connectivity index (χ3n) is 8.58. The minimum Gasteiger partial charge on any atom is -0.467 e. The highest BCUT2D eigenvalue weighted by atomic mass is 32.2. The third kappa shape index (κ3) is 8.87. The van der Waals surface area contributed by atoms with Gasteiger partial charge in [0.25, 0.3) is 0 Å². The fourth-order valence-corrected chi connectivity index (χ4v) is 7.29. The quantitative estimate of drug-likeness (QED) is 0.127. The molecule has 4 aromatic rings. The first kappa shape index (κ1) is 37.8. The van der Waals surface area contributed by atoms with Crippen molar-refractivity contribution in [3.05, 3.63) is 99.1 Å². The lowest BCUT2D eigenvalue weighted by Gasteiger charge is -2.39. The van der Waals surface area contributed by atoms with E-state index < -0.39 is 71.5 Å². The summed E-state index contributed by atoms with van der Waals surface area (Å²) in [5.74, 6) is 3.20. The molecule has 1 aromatic carbocycles. The Morgan fingerprint density at radius 2 is 1.58 bits per heavy atom. The lowest BCUT2D eigenvalue weighted by Crippen LogP contribution is -2.57. The van der Waals surface area contributed by atoms with E-state index in [1.165, 1.54) is 24.7 Å². The van der Waals surface area contributed by atoms with Crippen molar-refractivity contribution in [3.8, 4) is 12.3 Å². The number of fused-ring (bicyclic) bond motifs is 1. The Hall–Kier alpha value is -5.47.